The van der Waals surface area contributed by atoms with E-state index in [1.807, 2.05) is 7.05 Å². The van der Waals surface area contributed by atoms with Crippen molar-refractivity contribution in [2.24, 2.45) is 5.92 Å². The lowest BCUT2D eigenvalue weighted by Gasteiger charge is -2.19. The van der Waals surface area contributed by atoms with Crippen LogP contribution in [0.4, 0.5) is 8.78 Å². The van der Waals surface area contributed by atoms with Crippen LogP contribution in [0.3, 0.4) is 0 Å². The van der Waals surface area contributed by atoms with Crippen molar-refractivity contribution in [1.29, 1.82) is 0 Å². The summed E-state index contributed by atoms with van der Waals surface area (Å²) in [5.74, 6) is -0.404. The van der Waals surface area contributed by atoms with Gasteiger partial charge in [-0.1, -0.05) is 19.3 Å². The maximum Gasteiger partial charge on any atom is 0.126 e. The van der Waals surface area contributed by atoms with E-state index in [0.29, 0.717) is 12.0 Å². The van der Waals surface area contributed by atoms with Crippen LogP contribution in [0.25, 0.3) is 0 Å². The summed E-state index contributed by atoms with van der Waals surface area (Å²) in [4.78, 5) is 0. The lowest BCUT2D eigenvalue weighted by atomic mass is 9.91. The van der Waals surface area contributed by atoms with E-state index in [2.05, 4.69) is 5.32 Å². The molecule has 18 heavy (non-hydrogen) atoms. The predicted molar refractivity (Wildman–Crippen MR) is 69.5 cm³/mol. The van der Waals surface area contributed by atoms with Gasteiger partial charge in [0.15, 0.2) is 0 Å². The molecular weight excluding hydrogens is 232 g/mol. The fraction of sp³-hybridized carbons (Fsp3) is 0.600. The molecule has 0 spiro atoms. The van der Waals surface area contributed by atoms with Gasteiger partial charge in [0.2, 0.25) is 0 Å². The van der Waals surface area contributed by atoms with Gasteiger partial charge in [0, 0.05) is 12.1 Å². The largest absolute Gasteiger partial charge is 0.317 e. The van der Waals surface area contributed by atoms with Gasteiger partial charge in [-0.2, -0.15) is 0 Å². The van der Waals surface area contributed by atoms with Crippen LogP contribution in [0.2, 0.25) is 0 Å². The quantitative estimate of drug-likeness (QED) is 0.810. The van der Waals surface area contributed by atoms with Crippen LogP contribution in [0.5, 0.6) is 0 Å². The smallest absolute Gasteiger partial charge is 0.126 e. The molecule has 0 radical (unpaired) electrons. The zero-order chi connectivity index (χ0) is 13.0. The minimum atomic E-state index is -0.469. The molecule has 1 saturated carbocycles. The highest BCUT2D eigenvalue weighted by atomic mass is 19.1. The first-order valence-electron chi connectivity index (χ1n) is 6.79. The maximum atomic E-state index is 13.2. The SMILES string of the molecule is CNC1CCCCC(Cc2cc(F)cc(F)c2)C1. The zero-order valence-electron chi connectivity index (χ0n) is 10.9. The molecule has 2 atom stereocenters. The van der Waals surface area contributed by atoms with Gasteiger partial charge in [0.05, 0.1) is 0 Å². The molecule has 100 valence electrons. The second-order valence-electron chi connectivity index (χ2n) is 5.35. The summed E-state index contributed by atoms with van der Waals surface area (Å²) < 4.78 is 26.3. The molecular formula is C15H21F2N. The van der Waals surface area contributed by atoms with Gasteiger partial charge in [0.1, 0.15) is 11.6 Å². The van der Waals surface area contributed by atoms with Crippen LogP contribution in [0.1, 0.15) is 37.7 Å². The molecule has 2 unspecified atom stereocenters. The van der Waals surface area contributed by atoms with E-state index in [-0.39, 0.29) is 0 Å². The summed E-state index contributed by atoms with van der Waals surface area (Å²) >= 11 is 0. The number of rotatable bonds is 3. The molecule has 3 heteroatoms. The van der Waals surface area contributed by atoms with E-state index in [1.54, 1.807) is 0 Å². The highest BCUT2D eigenvalue weighted by Crippen LogP contribution is 2.26. The Morgan fingerprint density at radius 2 is 1.78 bits per heavy atom. The third-order valence-corrected chi connectivity index (χ3v) is 3.89. The summed E-state index contributed by atoms with van der Waals surface area (Å²) in [5.41, 5.74) is 0.786. The molecule has 1 nitrogen and oxygen atoms in total. The van der Waals surface area contributed by atoms with Gasteiger partial charge in [-0.3, -0.25) is 0 Å². The number of hydrogen-bond donors (Lipinski definition) is 1. The Kier molecular flexibility index (Phi) is 4.70. The number of hydrogen-bond acceptors (Lipinski definition) is 1. The first kappa shape index (κ1) is 13.5. The number of nitrogens with one attached hydrogen (secondary N) is 1. The minimum Gasteiger partial charge on any atom is -0.317 e. The third kappa shape index (κ3) is 3.77. The van der Waals surface area contributed by atoms with Gasteiger partial charge in [-0.25, -0.2) is 8.78 Å². The minimum absolute atomic E-state index is 0.469. The standard InChI is InChI=1S/C15H21F2N/c1-18-15-5-3-2-4-11(9-15)6-12-7-13(16)10-14(17)8-12/h7-8,10-11,15,18H,2-6,9H2,1H3. The predicted octanol–water partition coefficient (Wildman–Crippen LogP) is 3.68. The van der Waals surface area contributed by atoms with Crippen molar-refractivity contribution in [1.82, 2.24) is 5.32 Å². The molecule has 1 aromatic carbocycles. The first-order valence-corrected chi connectivity index (χ1v) is 6.79. The summed E-state index contributed by atoms with van der Waals surface area (Å²) in [6.07, 6.45) is 6.74. The molecule has 0 heterocycles. The van der Waals surface area contributed by atoms with E-state index < -0.39 is 11.6 Å². The molecule has 1 aliphatic rings. The summed E-state index contributed by atoms with van der Waals surface area (Å²) in [7, 11) is 1.99. The van der Waals surface area contributed by atoms with E-state index in [4.69, 9.17) is 0 Å². The van der Waals surface area contributed by atoms with Crippen molar-refractivity contribution >= 4 is 0 Å². The van der Waals surface area contributed by atoms with Gasteiger partial charge >= 0.3 is 0 Å². The Bertz CT molecular complexity index is 372. The molecule has 0 bridgehead atoms. The summed E-state index contributed by atoms with van der Waals surface area (Å²) in [6, 6.07) is 4.41. The molecule has 1 N–H and O–H groups in total. The molecule has 0 saturated heterocycles. The molecule has 0 amide bonds. The average Bonchev–Trinajstić information content (AvgIpc) is 2.52. The molecule has 1 aromatic rings. The Hall–Kier alpha value is -0.960. The average molecular weight is 253 g/mol. The van der Waals surface area contributed by atoms with Gasteiger partial charge in [-0.15, -0.1) is 0 Å². The Morgan fingerprint density at radius 3 is 2.44 bits per heavy atom. The monoisotopic (exact) mass is 253 g/mol. The van der Waals surface area contributed by atoms with Crippen LogP contribution in [-0.4, -0.2) is 13.1 Å². The van der Waals surface area contributed by atoms with E-state index in [0.717, 1.165) is 30.9 Å². The number of benzene rings is 1. The second-order valence-corrected chi connectivity index (χ2v) is 5.35. The molecule has 0 aliphatic heterocycles. The fourth-order valence-electron chi connectivity index (χ4n) is 2.97. The van der Waals surface area contributed by atoms with Crippen LogP contribution in [0, 0.1) is 17.6 Å². The fourth-order valence-corrected chi connectivity index (χ4v) is 2.97. The molecule has 0 aromatic heterocycles. The molecule has 1 aliphatic carbocycles. The van der Waals surface area contributed by atoms with Crippen LogP contribution >= 0.6 is 0 Å². The Balaban J connectivity index is 2.02. The summed E-state index contributed by atoms with van der Waals surface area (Å²) in [5, 5.41) is 3.33. The molecule has 1 fully saturated rings. The highest BCUT2D eigenvalue weighted by molar-refractivity contribution is 5.18. The van der Waals surface area contributed by atoms with Crippen LogP contribution in [-0.2, 0) is 6.42 Å². The van der Waals surface area contributed by atoms with Crippen molar-refractivity contribution in [3.63, 3.8) is 0 Å². The Labute approximate surface area is 108 Å². The lowest BCUT2D eigenvalue weighted by molar-refractivity contribution is 0.399. The van der Waals surface area contributed by atoms with Gasteiger partial charge in [-0.05, 0) is 49.9 Å². The Morgan fingerprint density at radius 1 is 1.11 bits per heavy atom. The maximum absolute atomic E-state index is 13.2. The van der Waals surface area contributed by atoms with E-state index >= 15 is 0 Å². The zero-order valence-corrected chi connectivity index (χ0v) is 10.9. The van der Waals surface area contributed by atoms with Crippen molar-refractivity contribution in [2.45, 2.75) is 44.6 Å². The second kappa shape index (κ2) is 6.28. The van der Waals surface area contributed by atoms with Gasteiger partial charge in [0.25, 0.3) is 0 Å². The topological polar surface area (TPSA) is 12.0 Å². The van der Waals surface area contributed by atoms with Gasteiger partial charge < -0.3 is 5.32 Å². The van der Waals surface area contributed by atoms with Crippen molar-refractivity contribution < 1.29 is 8.78 Å². The highest BCUT2D eigenvalue weighted by Gasteiger charge is 2.19. The molecule has 2 rings (SSSR count). The number of halogens is 2. The van der Waals surface area contributed by atoms with Crippen molar-refractivity contribution in [2.75, 3.05) is 7.05 Å². The van der Waals surface area contributed by atoms with E-state index in [1.165, 1.54) is 31.4 Å². The summed E-state index contributed by atoms with van der Waals surface area (Å²) in [6.45, 7) is 0. The first-order chi connectivity index (χ1) is 8.67. The van der Waals surface area contributed by atoms with E-state index in [9.17, 15) is 8.78 Å². The van der Waals surface area contributed by atoms with Crippen molar-refractivity contribution in [3.05, 3.63) is 35.4 Å². The van der Waals surface area contributed by atoms with Crippen LogP contribution < -0.4 is 5.32 Å². The lowest BCUT2D eigenvalue weighted by Crippen LogP contribution is -2.26. The third-order valence-electron chi connectivity index (χ3n) is 3.89. The van der Waals surface area contributed by atoms with Crippen LogP contribution in [0.15, 0.2) is 18.2 Å². The normalized spacial score (nSPS) is 24.8. The van der Waals surface area contributed by atoms with Crippen molar-refractivity contribution in [3.8, 4) is 0 Å².